The van der Waals surface area contributed by atoms with Gasteiger partial charge < -0.3 is 5.11 Å². The van der Waals surface area contributed by atoms with Crippen molar-refractivity contribution < 1.29 is 5.11 Å². The Hall–Kier alpha value is -1.24. The highest BCUT2D eigenvalue weighted by atomic mass is 16.3. The van der Waals surface area contributed by atoms with Gasteiger partial charge in [0.05, 0.1) is 0 Å². The summed E-state index contributed by atoms with van der Waals surface area (Å²) < 4.78 is 0. The third kappa shape index (κ3) is 2.13. The highest BCUT2D eigenvalue weighted by Crippen LogP contribution is 2.33. The predicted molar refractivity (Wildman–Crippen MR) is 68.0 cm³/mol. The van der Waals surface area contributed by atoms with E-state index < -0.39 is 0 Å². The zero-order valence-electron chi connectivity index (χ0n) is 10.4. The van der Waals surface area contributed by atoms with Gasteiger partial charge in [0, 0.05) is 0 Å². The minimum Gasteiger partial charge on any atom is -0.508 e. The van der Waals surface area contributed by atoms with E-state index in [4.69, 9.17) is 0 Å². The van der Waals surface area contributed by atoms with Crippen LogP contribution in [-0.2, 0) is 6.42 Å². The Kier molecular flexibility index (Phi) is 3.04. The van der Waals surface area contributed by atoms with E-state index in [1.807, 2.05) is 13.0 Å². The molecule has 2 rings (SSSR count). The number of fused-ring (bicyclic) bond motifs is 1. The van der Waals surface area contributed by atoms with Crippen LogP contribution >= 0.6 is 0 Å². The van der Waals surface area contributed by atoms with E-state index in [1.54, 1.807) is 0 Å². The summed E-state index contributed by atoms with van der Waals surface area (Å²) in [6.45, 7) is 6.42. The Bertz CT molecular complexity index is 429. The molecular formula is C15H20O. The van der Waals surface area contributed by atoms with Gasteiger partial charge in [-0.1, -0.05) is 24.6 Å². The molecule has 0 aliphatic heterocycles. The van der Waals surface area contributed by atoms with E-state index in [1.165, 1.54) is 23.1 Å². The molecule has 0 fully saturated rings. The lowest BCUT2D eigenvalue weighted by molar-refractivity contribution is 0.468. The molecule has 1 aliphatic rings. The van der Waals surface area contributed by atoms with E-state index in [0.717, 1.165) is 18.4 Å². The van der Waals surface area contributed by atoms with E-state index >= 15 is 0 Å². The molecule has 0 aromatic heterocycles. The maximum absolute atomic E-state index is 9.81. The average molecular weight is 216 g/mol. The molecule has 1 aliphatic carbocycles. The number of aryl methyl sites for hydroxylation is 1. The highest BCUT2D eigenvalue weighted by molar-refractivity contribution is 5.44. The monoisotopic (exact) mass is 216 g/mol. The summed E-state index contributed by atoms with van der Waals surface area (Å²) in [5.74, 6) is 0.985. The molecule has 1 aromatic rings. The van der Waals surface area contributed by atoms with Crippen LogP contribution in [0.1, 0.15) is 49.3 Å². The van der Waals surface area contributed by atoms with E-state index in [-0.39, 0.29) is 0 Å². The summed E-state index contributed by atoms with van der Waals surface area (Å²) in [5, 5.41) is 9.81. The van der Waals surface area contributed by atoms with Crippen molar-refractivity contribution in [1.29, 1.82) is 0 Å². The number of phenols is 1. The highest BCUT2D eigenvalue weighted by Gasteiger charge is 2.15. The minimum atomic E-state index is 0.438. The summed E-state index contributed by atoms with van der Waals surface area (Å²) in [4.78, 5) is 0. The SMILES string of the molecule is CC1=CCCC(C)c2cc(O)c(C)cc2C1. The molecule has 0 amide bonds. The first-order chi connectivity index (χ1) is 7.58. The summed E-state index contributed by atoms with van der Waals surface area (Å²) in [6, 6.07) is 4.11. The van der Waals surface area contributed by atoms with E-state index in [0.29, 0.717) is 11.7 Å². The van der Waals surface area contributed by atoms with Gasteiger partial charge in [0.15, 0.2) is 0 Å². The quantitative estimate of drug-likeness (QED) is 0.648. The summed E-state index contributed by atoms with van der Waals surface area (Å²) in [6.07, 6.45) is 5.70. The maximum atomic E-state index is 9.81. The van der Waals surface area contributed by atoms with Crippen molar-refractivity contribution in [1.82, 2.24) is 0 Å². The fourth-order valence-corrected chi connectivity index (χ4v) is 2.49. The number of allylic oxidation sites excluding steroid dienone is 2. The zero-order chi connectivity index (χ0) is 11.7. The molecule has 16 heavy (non-hydrogen) atoms. The first kappa shape index (κ1) is 11.3. The Morgan fingerprint density at radius 1 is 1.25 bits per heavy atom. The largest absolute Gasteiger partial charge is 0.508 e. The van der Waals surface area contributed by atoms with Gasteiger partial charge >= 0.3 is 0 Å². The lowest BCUT2D eigenvalue weighted by Crippen LogP contribution is -2.04. The third-order valence-electron chi connectivity index (χ3n) is 3.55. The Morgan fingerprint density at radius 2 is 2.00 bits per heavy atom. The Balaban J connectivity index is 2.50. The fourth-order valence-electron chi connectivity index (χ4n) is 2.49. The third-order valence-corrected chi connectivity index (χ3v) is 3.55. The zero-order valence-corrected chi connectivity index (χ0v) is 10.4. The molecule has 0 radical (unpaired) electrons. The molecule has 1 unspecified atom stereocenters. The molecule has 0 saturated carbocycles. The molecule has 1 N–H and O–H groups in total. The van der Waals surface area contributed by atoms with Crippen LogP contribution in [0.15, 0.2) is 23.8 Å². The minimum absolute atomic E-state index is 0.438. The second-order valence-corrected chi connectivity index (χ2v) is 5.04. The number of hydrogen-bond donors (Lipinski definition) is 1. The van der Waals surface area contributed by atoms with Gasteiger partial charge in [-0.15, -0.1) is 0 Å². The molecule has 0 heterocycles. The first-order valence-electron chi connectivity index (χ1n) is 6.06. The average Bonchev–Trinajstić information content (AvgIpc) is 2.21. The van der Waals surface area contributed by atoms with Crippen LogP contribution < -0.4 is 0 Å². The van der Waals surface area contributed by atoms with Crippen molar-refractivity contribution in [3.05, 3.63) is 40.5 Å². The van der Waals surface area contributed by atoms with Crippen molar-refractivity contribution in [3.8, 4) is 5.75 Å². The molecule has 1 heteroatoms. The number of rotatable bonds is 0. The molecule has 1 nitrogen and oxygen atoms in total. The Labute approximate surface area is 97.8 Å². The number of hydrogen-bond acceptors (Lipinski definition) is 1. The second kappa shape index (κ2) is 4.32. The molecule has 86 valence electrons. The van der Waals surface area contributed by atoms with Crippen molar-refractivity contribution >= 4 is 0 Å². The molecule has 0 bridgehead atoms. The van der Waals surface area contributed by atoms with Gasteiger partial charge in [0.1, 0.15) is 5.75 Å². The standard InChI is InChI=1S/C15H20O/c1-10-5-4-6-11(2)14-9-15(16)12(3)8-13(14)7-10/h5,8-9,11,16H,4,6-7H2,1-3H3. The van der Waals surface area contributed by atoms with Gasteiger partial charge in [-0.3, -0.25) is 0 Å². The van der Waals surface area contributed by atoms with Gasteiger partial charge in [-0.2, -0.15) is 0 Å². The van der Waals surface area contributed by atoms with Crippen molar-refractivity contribution in [3.63, 3.8) is 0 Å². The normalized spacial score (nSPS) is 20.7. The number of phenolic OH excluding ortho intramolecular Hbond substituents is 1. The summed E-state index contributed by atoms with van der Waals surface area (Å²) in [5.41, 5.74) is 5.14. The fraction of sp³-hybridized carbons (Fsp3) is 0.467. The molecule has 1 aromatic carbocycles. The van der Waals surface area contributed by atoms with Crippen molar-refractivity contribution in [2.75, 3.05) is 0 Å². The maximum Gasteiger partial charge on any atom is 0.118 e. The van der Waals surface area contributed by atoms with Gasteiger partial charge in [-0.05, 0) is 61.8 Å². The van der Waals surface area contributed by atoms with Crippen LogP contribution in [0.25, 0.3) is 0 Å². The second-order valence-electron chi connectivity index (χ2n) is 5.04. The van der Waals surface area contributed by atoms with Crippen LogP contribution in [0.4, 0.5) is 0 Å². The Morgan fingerprint density at radius 3 is 2.75 bits per heavy atom. The van der Waals surface area contributed by atoms with E-state index in [9.17, 15) is 5.11 Å². The number of benzene rings is 1. The molecule has 0 saturated heterocycles. The molecule has 0 spiro atoms. The van der Waals surface area contributed by atoms with Crippen LogP contribution in [-0.4, -0.2) is 5.11 Å². The van der Waals surface area contributed by atoms with Gasteiger partial charge in [-0.25, -0.2) is 0 Å². The van der Waals surface area contributed by atoms with Crippen molar-refractivity contribution in [2.24, 2.45) is 0 Å². The predicted octanol–water partition coefficient (Wildman–Crippen LogP) is 4.09. The van der Waals surface area contributed by atoms with Crippen LogP contribution in [0, 0.1) is 6.92 Å². The van der Waals surface area contributed by atoms with Gasteiger partial charge in [0.2, 0.25) is 0 Å². The first-order valence-corrected chi connectivity index (χ1v) is 6.06. The van der Waals surface area contributed by atoms with Crippen LogP contribution in [0.3, 0.4) is 0 Å². The summed E-state index contributed by atoms with van der Waals surface area (Å²) >= 11 is 0. The van der Waals surface area contributed by atoms with E-state index in [2.05, 4.69) is 26.0 Å². The van der Waals surface area contributed by atoms with Crippen molar-refractivity contribution in [2.45, 2.75) is 46.0 Å². The lowest BCUT2D eigenvalue weighted by Gasteiger charge is -2.20. The summed E-state index contributed by atoms with van der Waals surface area (Å²) in [7, 11) is 0. The topological polar surface area (TPSA) is 20.2 Å². The van der Waals surface area contributed by atoms with Crippen LogP contribution in [0.5, 0.6) is 5.75 Å². The molecule has 1 atom stereocenters. The molecular weight excluding hydrogens is 196 g/mol. The van der Waals surface area contributed by atoms with Gasteiger partial charge in [0.25, 0.3) is 0 Å². The lowest BCUT2D eigenvalue weighted by atomic mass is 9.85. The smallest absolute Gasteiger partial charge is 0.118 e. The number of aromatic hydroxyl groups is 1. The van der Waals surface area contributed by atoms with Crippen LogP contribution in [0.2, 0.25) is 0 Å².